The molecule has 27 heavy (non-hydrogen) atoms. The number of nitrogens with zero attached hydrogens (tertiary/aromatic N) is 2. The molecule has 0 spiro atoms. The summed E-state index contributed by atoms with van der Waals surface area (Å²) in [5.74, 6) is -0.713. The lowest BCUT2D eigenvalue weighted by molar-refractivity contribution is -0.121. The Morgan fingerprint density at radius 1 is 1.30 bits per heavy atom. The fraction of sp³-hybridized carbons (Fsp3) is 0.500. The van der Waals surface area contributed by atoms with Crippen LogP contribution in [0.3, 0.4) is 0 Å². The smallest absolute Gasteiger partial charge is 0.414 e. The van der Waals surface area contributed by atoms with E-state index in [4.69, 9.17) is 9.47 Å². The predicted molar refractivity (Wildman–Crippen MR) is 95.2 cm³/mol. The van der Waals surface area contributed by atoms with Crippen molar-refractivity contribution in [2.75, 3.05) is 36.0 Å². The second-order valence-electron chi connectivity index (χ2n) is 6.43. The van der Waals surface area contributed by atoms with E-state index in [9.17, 15) is 18.8 Å². The number of cyclic esters (lactones) is 2. The molecule has 0 aliphatic carbocycles. The molecular formula is C18H22FN3O5. The molecule has 1 N–H and O–H groups in total. The molecule has 2 aliphatic heterocycles. The van der Waals surface area contributed by atoms with Gasteiger partial charge >= 0.3 is 12.2 Å². The number of ether oxygens (including phenoxy) is 2. The van der Waals surface area contributed by atoms with Crippen LogP contribution in [0, 0.1) is 5.82 Å². The van der Waals surface area contributed by atoms with E-state index in [1.807, 2.05) is 6.92 Å². The molecule has 0 unspecified atom stereocenters. The van der Waals surface area contributed by atoms with Crippen LogP contribution in [0.25, 0.3) is 0 Å². The van der Waals surface area contributed by atoms with Crippen molar-refractivity contribution >= 4 is 29.5 Å². The molecule has 146 valence electrons. The SMILES string of the molecule is CCCCC(=O)NC[C@@H]1CN(c2ccc(N3CCOC3=O)c(F)c2)C(=O)O1. The van der Waals surface area contributed by atoms with Gasteiger partial charge in [-0.3, -0.25) is 14.6 Å². The number of unbranched alkanes of at least 4 members (excludes halogenated alkanes) is 1. The summed E-state index contributed by atoms with van der Waals surface area (Å²) in [5.41, 5.74) is 0.433. The second-order valence-corrected chi connectivity index (χ2v) is 6.43. The van der Waals surface area contributed by atoms with E-state index in [0.717, 1.165) is 12.8 Å². The minimum Gasteiger partial charge on any atom is -0.447 e. The molecule has 1 atom stereocenters. The number of amides is 3. The van der Waals surface area contributed by atoms with Crippen LogP contribution in [0.5, 0.6) is 0 Å². The monoisotopic (exact) mass is 379 g/mol. The molecule has 2 saturated heterocycles. The van der Waals surface area contributed by atoms with Gasteiger partial charge in [-0.2, -0.15) is 0 Å². The van der Waals surface area contributed by atoms with Crippen molar-refractivity contribution in [1.82, 2.24) is 5.32 Å². The van der Waals surface area contributed by atoms with Crippen LogP contribution in [0.4, 0.5) is 25.4 Å². The third-order valence-electron chi connectivity index (χ3n) is 4.45. The van der Waals surface area contributed by atoms with Crippen LogP contribution in [0.1, 0.15) is 26.2 Å². The summed E-state index contributed by atoms with van der Waals surface area (Å²) in [6.07, 6.45) is 0.470. The zero-order valence-electron chi connectivity index (χ0n) is 15.1. The summed E-state index contributed by atoms with van der Waals surface area (Å²) in [6.45, 7) is 2.91. The molecule has 9 heteroatoms. The number of nitrogens with one attached hydrogen (secondary N) is 1. The van der Waals surface area contributed by atoms with Crippen molar-refractivity contribution in [3.63, 3.8) is 0 Å². The Balaban J connectivity index is 1.61. The first-order valence-corrected chi connectivity index (χ1v) is 8.98. The van der Waals surface area contributed by atoms with E-state index in [1.54, 1.807) is 6.07 Å². The minimum atomic E-state index is -0.629. The van der Waals surface area contributed by atoms with E-state index in [1.165, 1.54) is 21.9 Å². The zero-order chi connectivity index (χ0) is 19.4. The third kappa shape index (κ3) is 4.29. The summed E-state index contributed by atoms with van der Waals surface area (Å²) in [5, 5.41) is 2.74. The largest absolute Gasteiger partial charge is 0.447 e. The summed E-state index contributed by atoms with van der Waals surface area (Å²) < 4.78 is 24.5. The molecule has 1 aromatic rings. The number of hydrogen-bond donors (Lipinski definition) is 1. The van der Waals surface area contributed by atoms with Crippen molar-refractivity contribution in [3.8, 4) is 0 Å². The van der Waals surface area contributed by atoms with Gasteiger partial charge in [-0.15, -0.1) is 0 Å². The zero-order valence-corrected chi connectivity index (χ0v) is 15.1. The predicted octanol–water partition coefficient (Wildman–Crippen LogP) is 2.41. The average Bonchev–Trinajstić information content (AvgIpc) is 3.23. The van der Waals surface area contributed by atoms with Crippen LogP contribution in [0.15, 0.2) is 18.2 Å². The highest BCUT2D eigenvalue weighted by Gasteiger charge is 2.33. The Morgan fingerprint density at radius 3 is 2.78 bits per heavy atom. The Morgan fingerprint density at radius 2 is 2.11 bits per heavy atom. The highest BCUT2D eigenvalue weighted by molar-refractivity contribution is 5.92. The van der Waals surface area contributed by atoms with Crippen molar-refractivity contribution < 1.29 is 28.2 Å². The second kappa shape index (κ2) is 8.24. The van der Waals surface area contributed by atoms with Crippen LogP contribution < -0.4 is 15.1 Å². The topological polar surface area (TPSA) is 88.2 Å². The molecule has 0 aromatic heterocycles. The molecular weight excluding hydrogens is 357 g/mol. The van der Waals surface area contributed by atoms with Gasteiger partial charge in [-0.05, 0) is 24.6 Å². The van der Waals surface area contributed by atoms with Crippen molar-refractivity contribution in [3.05, 3.63) is 24.0 Å². The quantitative estimate of drug-likeness (QED) is 0.786. The first-order chi connectivity index (χ1) is 13.0. The molecule has 3 amide bonds. The standard InChI is InChI=1S/C18H22FN3O5/c1-2-3-4-16(23)20-10-13-11-22(18(25)27-13)12-5-6-15(14(19)9-12)21-7-8-26-17(21)24/h5-6,9,13H,2-4,7-8,10-11H2,1H3,(H,20,23)/t13-/m1/s1. The lowest BCUT2D eigenvalue weighted by atomic mass is 10.2. The maximum atomic E-state index is 14.4. The van der Waals surface area contributed by atoms with Crippen molar-refractivity contribution in [1.29, 1.82) is 0 Å². The van der Waals surface area contributed by atoms with E-state index in [2.05, 4.69) is 5.32 Å². The van der Waals surface area contributed by atoms with Gasteiger partial charge in [0.15, 0.2) is 0 Å². The summed E-state index contributed by atoms with van der Waals surface area (Å²) in [4.78, 5) is 37.8. The maximum Gasteiger partial charge on any atom is 0.414 e. The Hall–Kier alpha value is -2.84. The lowest BCUT2D eigenvalue weighted by Gasteiger charge is -2.17. The molecule has 2 fully saturated rings. The number of hydrogen-bond acceptors (Lipinski definition) is 5. The first kappa shape index (κ1) is 18.9. The van der Waals surface area contributed by atoms with Crippen molar-refractivity contribution in [2.45, 2.75) is 32.3 Å². The van der Waals surface area contributed by atoms with Crippen LogP contribution in [-0.2, 0) is 14.3 Å². The van der Waals surface area contributed by atoms with Gasteiger partial charge in [-0.1, -0.05) is 13.3 Å². The molecule has 1 aromatic carbocycles. The summed E-state index contributed by atoms with van der Waals surface area (Å²) >= 11 is 0. The molecule has 3 rings (SSSR count). The summed E-state index contributed by atoms with van der Waals surface area (Å²) in [6, 6.07) is 4.17. The minimum absolute atomic E-state index is 0.0840. The van der Waals surface area contributed by atoms with Crippen LogP contribution in [-0.4, -0.2) is 50.4 Å². The Labute approximate surface area is 156 Å². The Kier molecular flexibility index (Phi) is 5.78. The van der Waals surface area contributed by atoms with Crippen LogP contribution >= 0.6 is 0 Å². The van der Waals surface area contributed by atoms with Gasteiger partial charge in [0.25, 0.3) is 0 Å². The third-order valence-corrected chi connectivity index (χ3v) is 4.45. The van der Waals surface area contributed by atoms with E-state index < -0.39 is 24.1 Å². The van der Waals surface area contributed by atoms with Gasteiger partial charge in [0.1, 0.15) is 18.5 Å². The number of halogens is 1. The van der Waals surface area contributed by atoms with Crippen molar-refractivity contribution in [2.24, 2.45) is 0 Å². The van der Waals surface area contributed by atoms with Gasteiger partial charge in [0, 0.05) is 6.42 Å². The normalized spacial score (nSPS) is 19.3. The van der Waals surface area contributed by atoms with E-state index in [0.29, 0.717) is 12.1 Å². The molecule has 2 aliphatic rings. The highest BCUT2D eigenvalue weighted by Crippen LogP contribution is 2.29. The number of benzene rings is 1. The van der Waals surface area contributed by atoms with E-state index >= 15 is 0 Å². The highest BCUT2D eigenvalue weighted by atomic mass is 19.1. The maximum absolute atomic E-state index is 14.4. The molecule has 2 heterocycles. The molecule has 0 saturated carbocycles. The van der Waals surface area contributed by atoms with Gasteiger partial charge in [0.05, 0.1) is 31.0 Å². The molecule has 0 bridgehead atoms. The number of anilines is 2. The van der Waals surface area contributed by atoms with Gasteiger partial charge < -0.3 is 14.8 Å². The lowest BCUT2D eigenvalue weighted by Crippen LogP contribution is -2.34. The number of rotatable bonds is 7. The number of carbonyl (C=O) groups is 3. The van der Waals surface area contributed by atoms with Crippen LogP contribution in [0.2, 0.25) is 0 Å². The number of carbonyl (C=O) groups excluding carboxylic acids is 3. The summed E-state index contributed by atoms with van der Waals surface area (Å²) in [7, 11) is 0. The van der Waals surface area contributed by atoms with E-state index in [-0.39, 0.29) is 37.8 Å². The van der Waals surface area contributed by atoms with Gasteiger partial charge in [0.2, 0.25) is 5.91 Å². The fourth-order valence-electron chi connectivity index (χ4n) is 2.99. The molecule has 8 nitrogen and oxygen atoms in total. The first-order valence-electron chi connectivity index (χ1n) is 8.98. The average molecular weight is 379 g/mol. The van der Waals surface area contributed by atoms with Gasteiger partial charge in [-0.25, -0.2) is 14.0 Å². The fourth-order valence-corrected chi connectivity index (χ4v) is 2.99. The Bertz CT molecular complexity index is 742. The molecule has 0 radical (unpaired) electrons.